The second-order valence-corrected chi connectivity index (χ2v) is 1.76. The van der Waals surface area contributed by atoms with Crippen LogP contribution in [0, 0.1) is 0 Å². The van der Waals surface area contributed by atoms with Crippen molar-refractivity contribution in [1.82, 2.24) is 9.97 Å². The molecule has 0 saturated carbocycles. The number of imidazole rings is 1. The summed E-state index contributed by atoms with van der Waals surface area (Å²) >= 11 is 0. The first-order chi connectivity index (χ1) is 5.11. The van der Waals surface area contributed by atoms with Crippen molar-refractivity contribution in [3.63, 3.8) is 0 Å². The molecule has 0 saturated heterocycles. The van der Waals surface area contributed by atoms with E-state index in [-0.39, 0.29) is 11.5 Å². The second kappa shape index (κ2) is 2.41. The molecule has 0 radical (unpaired) electrons. The minimum atomic E-state index is -1.28. The molecule has 1 heterocycles. The summed E-state index contributed by atoms with van der Waals surface area (Å²) < 4.78 is 0. The Balaban J connectivity index is 2.99. The number of nitrogens with zero attached hydrogens (tertiary/aromatic N) is 1. The van der Waals surface area contributed by atoms with E-state index in [9.17, 15) is 9.59 Å². The number of nitrogens with one attached hydrogen (secondary N) is 1. The van der Waals surface area contributed by atoms with Gasteiger partial charge < -0.3 is 15.2 Å². The topological polar surface area (TPSA) is 103 Å². The molecular weight excluding hydrogens is 152 g/mol. The first-order valence-corrected chi connectivity index (χ1v) is 2.63. The van der Waals surface area contributed by atoms with Gasteiger partial charge in [-0.2, -0.15) is 0 Å². The van der Waals surface area contributed by atoms with Crippen LogP contribution < -0.4 is 0 Å². The fourth-order valence-corrected chi connectivity index (χ4v) is 0.539. The van der Waals surface area contributed by atoms with E-state index in [1.165, 1.54) is 0 Å². The molecule has 0 aromatic carbocycles. The fraction of sp³-hybridized carbons (Fsp3) is 0. The van der Waals surface area contributed by atoms with Crippen LogP contribution in [-0.2, 0) is 0 Å². The summed E-state index contributed by atoms with van der Waals surface area (Å²) in [5, 5.41) is 16.6. The zero-order chi connectivity index (χ0) is 8.43. The van der Waals surface area contributed by atoms with Crippen LogP contribution in [0.5, 0.6) is 0 Å². The minimum absolute atomic E-state index is 0.234. The molecule has 58 valence electrons. The van der Waals surface area contributed by atoms with Crippen LogP contribution in [0.25, 0.3) is 0 Å². The summed E-state index contributed by atoms with van der Waals surface area (Å²) in [7, 11) is 0. The van der Waals surface area contributed by atoms with Crippen molar-refractivity contribution in [1.29, 1.82) is 0 Å². The standard InChI is InChI=1S/C5H4N2O4/c8-4(9)2-1-6-3(7-2)5(10)11/h1H,(H,6,7)(H,8,9)(H,10,11). The van der Waals surface area contributed by atoms with Crippen molar-refractivity contribution in [3.8, 4) is 0 Å². The Kier molecular flexibility index (Phi) is 1.59. The Hall–Kier alpha value is -1.85. The summed E-state index contributed by atoms with van der Waals surface area (Å²) in [5.74, 6) is -2.88. The maximum Gasteiger partial charge on any atom is 0.371 e. The third kappa shape index (κ3) is 1.34. The van der Waals surface area contributed by atoms with E-state index < -0.39 is 11.9 Å². The van der Waals surface area contributed by atoms with Gasteiger partial charge in [-0.15, -0.1) is 0 Å². The number of hydrogen-bond acceptors (Lipinski definition) is 3. The Morgan fingerprint density at radius 1 is 1.36 bits per heavy atom. The van der Waals surface area contributed by atoms with Crippen LogP contribution in [0.1, 0.15) is 21.1 Å². The predicted octanol–water partition coefficient (Wildman–Crippen LogP) is -0.194. The normalized spacial score (nSPS) is 9.45. The average molecular weight is 156 g/mol. The highest BCUT2D eigenvalue weighted by Gasteiger charge is 2.11. The van der Waals surface area contributed by atoms with Crippen molar-refractivity contribution in [2.24, 2.45) is 0 Å². The Bertz CT molecular complexity index is 275. The highest BCUT2D eigenvalue weighted by atomic mass is 16.4. The quantitative estimate of drug-likeness (QED) is 0.550. The molecule has 1 aromatic rings. The van der Waals surface area contributed by atoms with E-state index >= 15 is 0 Å². The van der Waals surface area contributed by atoms with Gasteiger partial charge in [-0.1, -0.05) is 0 Å². The molecule has 1 rings (SSSR count). The van der Waals surface area contributed by atoms with Crippen molar-refractivity contribution in [3.05, 3.63) is 17.7 Å². The van der Waals surface area contributed by atoms with Crippen LogP contribution in [0.4, 0.5) is 0 Å². The number of carbonyl (C=O) groups is 2. The lowest BCUT2D eigenvalue weighted by molar-refractivity contribution is 0.0684. The smallest absolute Gasteiger partial charge is 0.371 e. The number of rotatable bonds is 2. The van der Waals surface area contributed by atoms with Gasteiger partial charge in [-0.3, -0.25) is 0 Å². The lowest BCUT2D eigenvalue weighted by Crippen LogP contribution is -2.01. The van der Waals surface area contributed by atoms with E-state index in [0.717, 1.165) is 6.20 Å². The molecule has 11 heavy (non-hydrogen) atoms. The van der Waals surface area contributed by atoms with Gasteiger partial charge in [0, 0.05) is 0 Å². The molecule has 6 heteroatoms. The van der Waals surface area contributed by atoms with Crippen LogP contribution in [0.15, 0.2) is 6.20 Å². The maximum absolute atomic E-state index is 10.2. The van der Waals surface area contributed by atoms with Gasteiger partial charge in [0.15, 0.2) is 0 Å². The van der Waals surface area contributed by atoms with Crippen molar-refractivity contribution >= 4 is 11.9 Å². The van der Waals surface area contributed by atoms with Crippen LogP contribution in [0.3, 0.4) is 0 Å². The molecule has 0 amide bonds. The van der Waals surface area contributed by atoms with Gasteiger partial charge in [-0.25, -0.2) is 14.6 Å². The first-order valence-electron chi connectivity index (χ1n) is 2.63. The number of H-pyrrole nitrogens is 1. The van der Waals surface area contributed by atoms with E-state index in [0.29, 0.717) is 0 Å². The summed E-state index contributed by atoms with van der Waals surface area (Å²) in [5.41, 5.74) is -0.234. The second-order valence-electron chi connectivity index (χ2n) is 1.76. The third-order valence-corrected chi connectivity index (χ3v) is 1.01. The lowest BCUT2D eigenvalue weighted by Gasteiger charge is -1.83. The predicted molar refractivity (Wildman–Crippen MR) is 32.5 cm³/mol. The van der Waals surface area contributed by atoms with Gasteiger partial charge in [-0.05, 0) is 0 Å². The Morgan fingerprint density at radius 2 is 2.00 bits per heavy atom. The number of carboxylic acids is 2. The molecular formula is C5H4N2O4. The zero-order valence-electron chi connectivity index (χ0n) is 5.24. The largest absolute Gasteiger partial charge is 0.477 e. The van der Waals surface area contributed by atoms with Crippen molar-refractivity contribution in [2.75, 3.05) is 0 Å². The van der Waals surface area contributed by atoms with Crippen molar-refractivity contribution < 1.29 is 19.8 Å². The number of aromatic nitrogens is 2. The zero-order valence-corrected chi connectivity index (χ0v) is 5.24. The Labute approximate surface area is 60.5 Å². The van der Waals surface area contributed by atoms with Crippen molar-refractivity contribution in [2.45, 2.75) is 0 Å². The van der Waals surface area contributed by atoms with E-state index in [1.54, 1.807) is 0 Å². The molecule has 1 aromatic heterocycles. The maximum atomic E-state index is 10.2. The van der Waals surface area contributed by atoms with Gasteiger partial charge >= 0.3 is 11.9 Å². The molecule has 0 aliphatic heterocycles. The van der Waals surface area contributed by atoms with E-state index in [2.05, 4.69) is 9.97 Å². The Morgan fingerprint density at radius 3 is 2.27 bits per heavy atom. The lowest BCUT2D eigenvalue weighted by atomic mass is 10.5. The SMILES string of the molecule is O=C(O)c1cnc(C(=O)O)[nH]1. The molecule has 0 bridgehead atoms. The van der Waals surface area contributed by atoms with Gasteiger partial charge in [0.2, 0.25) is 5.82 Å². The molecule has 0 aliphatic carbocycles. The number of aromatic carboxylic acids is 2. The van der Waals surface area contributed by atoms with Gasteiger partial charge in [0.1, 0.15) is 5.69 Å². The van der Waals surface area contributed by atoms with Gasteiger partial charge in [0.05, 0.1) is 6.20 Å². The molecule has 6 nitrogen and oxygen atoms in total. The molecule has 0 fully saturated rings. The third-order valence-electron chi connectivity index (χ3n) is 1.01. The highest BCUT2D eigenvalue weighted by molar-refractivity contribution is 5.88. The molecule has 0 spiro atoms. The van der Waals surface area contributed by atoms with Crippen LogP contribution in [-0.4, -0.2) is 32.1 Å². The highest BCUT2D eigenvalue weighted by Crippen LogP contribution is 1.95. The summed E-state index contributed by atoms with van der Waals surface area (Å²) in [6.45, 7) is 0. The summed E-state index contributed by atoms with van der Waals surface area (Å²) in [4.78, 5) is 25.7. The molecule has 0 aliphatic rings. The summed E-state index contributed by atoms with van der Waals surface area (Å²) in [6.07, 6.45) is 0.950. The minimum Gasteiger partial charge on any atom is -0.477 e. The first kappa shape index (κ1) is 7.26. The number of aromatic amines is 1. The van der Waals surface area contributed by atoms with E-state index in [1.807, 2.05) is 0 Å². The van der Waals surface area contributed by atoms with E-state index in [4.69, 9.17) is 10.2 Å². The summed E-state index contributed by atoms with van der Waals surface area (Å²) in [6, 6.07) is 0. The van der Waals surface area contributed by atoms with Gasteiger partial charge in [0.25, 0.3) is 0 Å². The van der Waals surface area contributed by atoms with Crippen LogP contribution in [0.2, 0.25) is 0 Å². The average Bonchev–Trinajstić information content (AvgIpc) is 2.33. The number of carboxylic acid groups (broad SMARTS) is 2. The number of hydrogen-bond donors (Lipinski definition) is 3. The molecule has 0 unspecified atom stereocenters. The fourth-order valence-electron chi connectivity index (χ4n) is 0.539. The monoisotopic (exact) mass is 156 g/mol. The molecule has 0 atom stereocenters. The molecule has 3 N–H and O–H groups in total. The van der Waals surface area contributed by atoms with Crippen LogP contribution >= 0.6 is 0 Å².